The van der Waals surface area contributed by atoms with Crippen LogP contribution in [0.15, 0.2) is 48.7 Å². The van der Waals surface area contributed by atoms with E-state index in [2.05, 4.69) is 15.6 Å². The van der Waals surface area contributed by atoms with Gasteiger partial charge < -0.3 is 25.5 Å². The van der Waals surface area contributed by atoms with Crippen molar-refractivity contribution in [2.45, 2.75) is 12.5 Å². The quantitative estimate of drug-likeness (QED) is 0.637. The summed E-state index contributed by atoms with van der Waals surface area (Å²) in [6, 6.07) is 10.4. The molecule has 3 aromatic rings. The van der Waals surface area contributed by atoms with Crippen molar-refractivity contribution in [1.29, 1.82) is 5.26 Å². The maximum atomic E-state index is 14.0. The second-order valence-corrected chi connectivity index (χ2v) is 5.84. The van der Waals surface area contributed by atoms with Crippen LogP contribution in [0.4, 0.5) is 14.9 Å². The molecular formula is C19H14FN4O3-. The fourth-order valence-electron chi connectivity index (χ4n) is 2.77. The van der Waals surface area contributed by atoms with Gasteiger partial charge in [-0.15, -0.1) is 0 Å². The molecule has 2 amide bonds. The number of hydrogen-bond acceptors (Lipinski definition) is 4. The number of hydrogen-bond donors (Lipinski definition) is 3. The number of anilines is 1. The van der Waals surface area contributed by atoms with Crippen LogP contribution in [0.1, 0.15) is 11.1 Å². The van der Waals surface area contributed by atoms with Crippen LogP contribution < -0.4 is 15.7 Å². The first-order chi connectivity index (χ1) is 13.0. The van der Waals surface area contributed by atoms with Crippen LogP contribution in [-0.4, -0.2) is 23.0 Å². The van der Waals surface area contributed by atoms with Crippen molar-refractivity contribution >= 4 is 28.6 Å². The number of nitrogens with zero attached hydrogens (tertiary/aromatic N) is 1. The fraction of sp³-hybridized carbons (Fsp3) is 0.105. The van der Waals surface area contributed by atoms with Crippen LogP contribution in [0.25, 0.3) is 10.9 Å². The van der Waals surface area contributed by atoms with Crippen molar-refractivity contribution in [2.24, 2.45) is 0 Å². The number of carboxylic acid groups (broad SMARTS) is 1. The molecule has 0 aliphatic heterocycles. The number of carbonyl (C=O) groups excluding carboxylic acids is 2. The summed E-state index contributed by atoms with van der Waals surface area (Å²) in [6.07, 6.45) is 1.34. The molecule has 0 saturated carbocycles. The number of nitriles is 1. The van der Waals surface area contributed by atoms with Gasteiger partial charge in [-0.2, -0.15) is 5.26 Å². The third-order valence-electron chi connectivity index (χ3n) is 4.00. The molecule has 1 heterocycles. The standard InChI is InChI=1S/C19H15FN4O3/c20-14-5-2-6-15-17(14)12(10-22-15)8-16(18(25)26)24-19(27)23-13-4-1-3-11(7-13)9-21/h1-7,10,16,22H,8H2,(H,25,26)(H2,23,24,27)/p-1. The third kappa shape index (κ3) is 4.04. The van der Waals surface area contributed by atoms with Gasteiger partial charge >= 0.3 is 6.03 Å². The zero-order valence-corrected chi connectivity index (χ0v) is 14.0. The van der Waals surface area contributed by atoms with Crippen molar-refractivity contribution in [3.05, 3.63) is 65.6 Å². The summed E-state index contributed by atoms with van der Waals surface area (Å²) in [5.74, 6) is -1.99. The molecule has 0 radical (unpaired) electrons. The zero-order chi connectivity index (χ0) is 19.4. The first kappa shape index (κ1) is 17.9. The second-order valence-electron chi connectivity index (χ2n) is 5.84. The van der Waals surface area contributed by atoms with E-state index >= 15 is 0 Å². The van der Waals surface area contributed by atoms with Crippen molar-refractivity contribution in [3.63, 3.8) is 0 Å². The van der Waals surface area contributed by atoms with Gasteiger partial charge in [0.25, 0.3) is 0 Å². The lowest BCUT2D eigenvalue weighted by atomic mass is 10.0. The van der Waals surface area contributed by atoms with E-state index in [1.807, 2.05) is 6.07 Å². The number of fused-ring (bicyclic) bond motifs is 1. The SMILES string of the molecule is N#Cc1cccc(NC(=O)NC(Cc2c[nH]c3cccc(F)c23)C(=O)[O-])c1. The molecule has 3 N–H and O–H groups in total. The molecule has 1 atom stereocenters. The topological polar surface area (TPSA) is 121 Å². The average molecular weight is 365 g/mol. The molecule has 8 heteroatoms. The number of aliphatic carboxylic acids is 1. The van der Waals surface area contributed by atoms with E-state index in [4.69, 9.17) is 5.26 Å². The van der Waals surface area contributed by atoms with Crippen molar-refractivity contribution in [3.8, 4) is 6.07 Å². The van der Waals surface area contributed by atoms with E-state index < -0.39 is 23.9 Å². The second kappa shape index (κ2) is 7.58. The summed E-state index contributed by atoms with van der Waals surface area (Å²) in [6.45, 7) is 0. The largest absolute Gasteiger partial charge is 0.548 e. The summed E-state index contributed by atoms with van der Waals surface area (Å²) in [5.41, 5.74) is 1.62. The predicted octanol–water partition coefficient (Wildman–Crippen LogP) is 1.66. The van der Waals surface area contributed by atoms with E-state index in [9.17, 15) is 19.1 Å². The number of urea groups is 1. The zero-order valence-electron chi connectivity index (χ0n) is 14.0. The molecule has 27 heavy (non-hydrogen) atoms. The number of aromatic amines is 1. The molecule has 2 aromatic carbocycles. The van der Waals surface area contributed by atoms with E-state index in [-0.39, 0.29) is 11.8 Å². The van der Waals surface area contributed by atoms with Gasteiger partial charge in [-0.1, -0.05) is 12.1 Å². The number of nitrogens with one attached hydrogen (secondary N) is 3. The Hall–Kier alpha value is -3.86. The number of benzene rings is 2. The molecule has 7 nitrogen and oxygen atoms in total. The van der Waals surface area contributed by atoms with E-state index in [0.29, 0.717) is 22.3 Å². The van der Waals surface area contributed by atoms with Gasteiger partial charge in [-0.3, -0.25) is 0 Å². The maximum Gasteiger partial charge on any atom is 0.319 e. The minimum atomic E-state index is -1.50. The van der Waals surface area contributed by atoms with Gasteiger partial charge in [0.05, 0.1) is 23.6 Å². The van der Waals surface area contributed by atoms with Crippen molar-refractivity contribution in [1.82, 2.24) is 10.3 Å². The Kier molecular flexibility index (Phi) is 5.04. The normalized spacial score (nSPS) is 11.6. The van der Waals surface area contributed by atoms with Crippen LogP contribution in [0.2, 0.25) is 0 Å². The van der Waals surface area contributed by atoms with Crippen LogP contribution in [-0.2, 0) is 11.2 Å². The summed E-state index contributed by atoms with van der Waals surface area (Å²) < 4.78 is 14.0. The first-order valence-electron chi connectivity index (χ1n) is 8.01. The Balaban J connectivity index is 1.74. The highest BCUT2D eigenvalue weighted by atomic mass is 19.1. The van der Waals surface area contributed by atoms with E-state index in [0.717, 1.165) is 0 Å². The van der Waals surface area contributed by atoms with Crippen LogP contribution in [0, 0.1) is 17.1 Å². The van der Waals surface area contributed by atoms with Crippen molar-refractivity contribution < 1.29 is 19.1 Å². The molecule has 0 bridgehead atoms. The highest BCUT2D eigenvalue weighted by Gasteiger charge is 2.18. The highest BCUT2D eigenvalue weighted by molar-refractivity contribution is 5.92. The molecule has 0 fully saturated rings. The number of carboxylic acids is 1. The van der Waals surface area contributed by atoms with Gasteiger partial charge in [-0.05, 0) is 35.9 Å². The number of halogens is 1. The maximum absolute atomic E-state index is 14.0. The smallest absolute Gasteiger partial charge is 0.319 e. The molecule has 0 aliphatic rings. The van der Waals surface area contributed by atoms with Gasteiger partial charge in [0, 0.05) is 29.2 Å². The predicted molar refractivity (Wildman–Crippen MR) is 94.1 cm³/mol. The number of H-pyrrole nitrogens is 1. The third-order valence-corrected chi connectivity index (χ3v) is 4.00. The Morgan fingerprint density at radius 1 is 1.26 bits per heavy atom. The van der Waals surface area contributed by atoms with Gasteiger partial charge in [0.2, 0.25) is 0 Å². The molecule has 1 unspecified atom stereocenters. The number of aromatic nitrogens is 1. The summed E-state index contributed by atoms with van der Waals surface area (Å²) in [4.78, 5) is 26.4. The highest BCUT2D eigenvalue weighted by Crippen LogP contribution is 2.22. The van der Waals surface area contributed by atoms with Crippen LogP contribution in [0.5, 0.6) is 0 Å². The Morgan fingerprint density at radius 3 is 2.78 bits per heavy atom. The monoisotopic (exact) mass is 365 g/mol. The van der Waals surface area contributed by atoms with E-state index in [1.165, 1.54) is 24.4 Å². The molecule has 0 aliphatic carbocycles. The lowest BCUT2D eigenvalue weighted by Crippen LogP contribution is -2.50. The van der Waals surface area contributed by atoms with Gasteiger partial charge in [0.15, 0.2) is 0 Å². The Morgan fingerprint density at radius 2 is 2.04 bits per heavy atom. The Labute approximate surface area is 153 Å². The summed E-state index contributed by atoms with van der Waals surface area (Å²) in [7, 11) is 0. The van der Waals surface area contributed by atoms with Gasteiger partial charge in [0.1, 0.15) is 5.82 Å². The summed E-state index contributed by atoms with van der Waals surface area (Å²) in [5, 5.41) is 25.3. The average Bonchev–Trinajstić information content (AvgIpc) is 3.05. The minimum absolute atomic E-state index is 0.158. The summed E-state index contributed by atoms with van der Waals surface area (Å²) >= 11 is 0. The Bertz CT molecular complexity index is 1050. The number of carbonyl (C=O) groups is 2. The van der Waals surface area contributed by atoms with E-state index in [1.54, 1.807) is 24.3 Å². The fourth-order valence-corrected chi connectivity index (χ4v) is 2.77. The molecule has 0 spiro atoms. The van der Waals surface area contributed by atoms with Crippen LogP contribution >= 0.6 is 0 Å². The van der Waals surface area contributed by atoms with Crippen LogP contribution in [0.3, 0.4) is 0 Å². The molecule has 1 aromatic heterocycles. The number of amides is 2. The molecule has 136 valence electrons. The van der Waals surface area contributed by atoms with Gasteiger partial charge in [-0.25, -0.2) is 9.18 Å². The minimum Gasteiger partial charge on any atom is -0.548 e. The first-order valence-corrected chi connectivity index (χ1v) is 8.01. The lowest BCUT2D eigenvalue weighted by molar-refractivity contribution is -0.308. The molecule has 3 rings (SSSR count). The molecular weight excluding hydrogens is 351 g/mol. The van der Waals surface area contributed by atoms with Crippen molar-refractivity contribution in [2.75, 3.05) is 5.32 Å². The lowest BCUT2D eigenvalue weighted by Gasteiger charge is -2.20. The number of rotatable bonds is 5. The molecule has 0 saturated heterocycles.